The molecular weight excluding hydrogens is 488 g/mol. The van der Waals surface area contributed by atoms with Gasteiger partial charge in [0.15, 0.2) is 0 Å². The third kappa shape index (κ3) is 3.35. The van der Waals surface area contributed by atoms with Crippen molar-refractivity contribution in [2.75, 3.05) is 0 Å². The van der Waals surface area contributed by atoms with E-state index in [1.807, 2.05) is 47.0 Å². The second-order valence-electron chi connectivity index (χ2n) is 10.2. The van der Waals surface area contributed by atoms with Crippen LogP contribution in [0.5, 0.6) is 0 Å². The summed E-state index contributed by atoms with van der Waals surface area (Å²) in [4.78, 5) is 13.7. The van der Waals surface area contributed by atoms with Crippen LogP contribution in [-0.2, 0) is 0 Å². The number of nitrogens with zero attached hydrogens (tertiary/aromatic N) is 2. The molecular formula is C37H24N2O. The van der Waals surface area contributed by atoms with Gasteiger partial charge in [0.05, 0.1) is 16.6 Å². The smallest absolute Gasteiger partial charge is 0.263 e. The summed E-state index contributed by atoms with van der Waals surface area (Å²) in [7, 11) is 0. The third-order valence-corrected chi connectivity index (χ3v) is 7.94. The van der Waals surface area contributed by atoms with Crippen molar-refractivity contribution in [1.29, 1.82) is 0 Å². The number of hydrogen-bond acceptors (Lipinski definition) is 1. The van der Waals surface area contributed by atoms with Crippen molar-refractivity contribution in [2.45, 2.75) is 0 Å². The van der Waals surface area contributed by atoms with Gasteiger partial charge >= 0.3 is 0 Å². The molecule has 0 N–H and O–H groups in total. The summed E-state index contributed by atoms with van der Waals surface area (Å²) in [5, 5.41) is 5.25. The fourth-order valence-electron chi connectivity index (χ4n) is 6.10. The number of aromatic nitrogens is 2. The Kier molecular flexibility index (Phi) is 4.98. The van der Waals surface area contributed by atoms with Crippen molar-refractivity contribution in [2.24, 2.45) is 0 Å². The lowest BCUT2D eigenvalue weighted by atomic mass is 10.0. The van der Waals surface area contributed by atoms with Gasteiger partial charge < -0.3 is 4.57 Å². The molecule has 0 aliphatic heterocycles. The first-order valence-electron chi connectivity index (χ1n) is 13.5. The van der Waals surface area contributed by atoms with Crippen molar-refractivity contribution >= 4 is 43.5 Å². The molecule has 40 heavy (non-hydrogen) atoms. The maximum absolute atomic E-state index is 13.7. The minimum atomic E-state index is -0.00384. The molecule has 0 atom stereocenters. The van der Waals surface area contributed by atoms with E-state index in [1.54, 1.807) is 0 Å². The summed E-state index contributed by atoms with van der Waals surface area (Å²) in [6.45, 7) is 0. The molecule has 0 saturated carbocycles. The number of benzene rings is 6. The fourth-order valence-corrected chi connectivity index (χ4v) is 6.10. The summed E-state index contributed by atoms with van der Waals surface area (Å²) in [6, 6.07) is 50.1. The minimum absolute atomic E-state index is 0.00384. The summed E-state index contributed by atoms with van der Waals surface area (Å²) in [6.07, 6.45) is 0. The Morgan fingerprint density at radius 1 is 0.350 bits per heavy atom. The largest absolute Gasteiger partial charge is 0.309 e. The zero-order valence-electron chi connectivity index (χ0n) is 21.7. The molecule has 188 valence electrons. The van der Waals surface area contributed by atoms with Crippen molar-refractivity contribution in [1.82, 2.24) is 9.13 Å². The summed E-state index contributed by atoms with van der Waals surface area (Å²) in [5.74, 6) is 0. The highest BCUT2D eigenvalue weighted by atomic mass is 16.1. The van der Waals surface area contributed by atoms with Crippen LogP contribution >= 0.6 is 0 Å². The number of rotatable bonds is 3. The highest BCUT2D eigenvalue weighted by Crippen LogP contribution is 2.35. The van der Waals surface area contributed by atoms with E-state index in [2.05, 4.69) is 108 Å². The molecule has 3 heteroatoms. The molecule has 0 saturated heterocycles. The molecule has 0 spiro atoms. The molecule has 0 aliphatic rings. The van der Waals surface area contributed by atoms with Crippen LogP contribution in [0.15, 0.2) is 150 Å². The van der Waals surface area contributed by atoms with Gasteiger partial charge in [-0.3, -0.25) is 9.36 Å². The SMILES string of the molecule is O=c1c2ccccc2c2ccccc2n1-c1ccc(-c2ccc3c4ccccc4n(-c4ccccc4)c3c2)cc1. The maximum atomic E-state index is 13.7. The van der Waals surface area contributed by atoms with Gasteiger partial charge in [0, 0.05) is 32.9 Å². The first-order chi connectivity index (χ1) is 19.8. The molecule has 0 unspecified atom stereocenters. The third-order valence-electron chi connectivity index (χ3n) is 7.94. The molecule has 8 rings (SSSR count). The summed E-state index contributed by atoms with van der Waals surface area (Å²) < 4.78 is 4.17. The van der Waals surface area contributed by atoms with Crippen LogP contribution in [0.1, 0.15) is 0 Å². The van der Waals surface area contributed by atoms with Crippen LogP contribution in [0.25, 0.3) is 66.0 Å². The van der Waals surface area contributed by atoms with E-state index >= 15 is 0 Å². The number of para-hydroxylation sites is 3. The molecule has 0 fully saturated rings. The Balaban J connectivity index is 1.30. The van der Waals surface area contributed by atoms with Gasteiger partial charge in [-0.25, -0.2) is 0 Å². The van der Waals surface area contributed by atoms with Crippen LogP contribution in [0.3, 0.4) is 0 Å². The van der Waals surface area contributed by atoms with Gasteiger partial charge in [-0.05, 0) is 65.0 Å². The minimum Gasteiger partial charge on any atom is -0.309 e. The Hall–Kier alpha value is -5.41. The molecule has 8 aromatic rings. The van der Waals surface area contributed by atoms with Gasteiger partial charge in [-0.1, -0.05) is 97.1 Å². The zero-order valence-corrected chi connectivity index (χ0v) is 21.7. The van der Waals surface area contributed by atoms with E-state index in [1.165, 1.54) is 21.8 Å². The van der Waals surface area contributed by atoms with Crippen LogP contribution in [0.2, 0.25) is 0 Å². The highest BCUT2D eigenvalue weighted by Gasteiger charge is 2.14. The summed E-state index contributed by atoms with van der Waals surface area (Å²) >= 11 is 0. The van der Waals surface area contributed by atoms with E-state index in [0.29, 0.717) is 0 Å². The molecule has 0 amide bonds. The maximum Gasteiger partial charge on any atom is 0.263 e. The molecule has 0 radical (unpaired) electrons. The normalized spacial score (nSPS) is 11.6. The molecule has 0 bridgehead atoms. The van der Waals surface area contributed by atoms with Gasteiger partial charge in [-0.2, -0.15) is 0 Å². The van der Waals surface area contributed by atoms with E-state index in [9.17, 15) is 4.79 Å². The van der Waals surface area contributed by atoms with Crippen molar-refractivity contribution in [3.8, 4) is 22.5 Å². The predicted octanol–water partition coefficient (Wildman–Crippen LogP) is 8.91. The van der Waals surface area contributed by atoms with Crippen LogP contribution in [0, 0.1) is 0 Å². The van der Waals surface area contributed by atoms with Gasteiger partial charge in [-0.15, -0.1) is 0 Å². The quantitative estimate of drug-likeness (QED) is 0.217. The van der Waals surface area contributed by atoms with E-state index < -0.39 is 0 Å². The first kappa shape index (κ1) is 22.6. The Morgan fingerprint density at radius 2 is 0.850 bits per heavy atom. The molecule has 6 aromatic carbocycles. The lowest BCUT2D eigenvalue weighted by Crippen LogP contribution is -2.19. The Morgan fingerprint density at radius 3 is 1.57 bits per heavy atom. The number of fused-ring (bicyclic) bond motifs is 6. The summed E-state index contributed by atoms with van der Waals surface area (Å²) in [5.41, 5.74) is 7.51. The average molecular weight is 513 g/mol. The molecule has 2 aromatic heterocycles. The van der Waals surface area contributed by atoms with Crippen molar-refractivity contribution in [3.05, 3.63) is 156 Å². The van der Waals surface area contributed by atoms with E-state index in [-0.39, 0.29) is 5.56 Å². The second-order valence-corrected chi connectivity index (χ2v) is 10.2. The standard InChI is InChI=1S/C37H24N2O/c40-37-33-15-5-4-12-29(33)30-13-6-9-17-35(30)39(37)28-21-18-25(19-22-28)26-20-23-32-31-14-7-8-16-34(31)38(36(32)24-26)27-10-2-1-3-11-27/h1-24H. The lowest BCUT2D eigenvalue weighted by molar-refractivity contribution is 1.06. The Labute approximate surface area is 230 Å². The Bertz CT molecular complexity index is 2270. The van der Waals surface area contributed by atoms with Crippen LogP contribution in [0.4, 0.5) is 0 Å². The van der Waals surface area contributed by atoms with Crippen LogP contribution < -0.4 is 5.56 Å². The van der Waals surface area contributed by atoms with Crippen LogP contribution in [-0.4, -0.2) is 9.13 Å². The number of hydrogen-bond donors (Lipinski definition) is 0. The fraction of sp³-hybridized carbons (Fsp3) is 0. The van der Waals surface area contributed by atoms with Gasteiger partial charge in [0.2, 0.25) is 0 Å². The van der Waals surface area contributed by atoms with Crippen molar-refractivity contribution in [3.63, 3.8) is 0 Å². The highest BCUT2D eigenvalue weighted by molar-refractivity contribution is 6.10. The van der Waals surface area contributed by atoms with Gasteiger partial charge in [0.25, 0.3) is 5.56 Å². The van der Waals surface area contributed by atoms with Crippen molar-refractivity contribution < 1.29 is 0 Å². The zero-order chi connectivity index (χ0) is 26.6. The predicted molar refractivity (Wildman–Crippen MR) is 167 cm³/mol. The average Bonchev–Trinajstić information content (AvgIpc) is 3.36. The number of pyridine rings is 1. The lowest BCUT2D eigenvalue weighted by Gasteiger charge is -2.14. The van der Waals surface area contributed by atoms with E-state index in [4.69, 9.17) is 0 Å². The topological polar surface area (TPSA) is 26.9 Å². The van der Waals surface area contributed by atoms with Gasteiger partial charge in [0.1, 0.15) is 0 Å². The molecule has 3 nitrogen and oxygen atoms in total. The second kappa shape index (κ2) is 8.82. The molecule has 2 heterocycles. The van der Waals surface area contributed by atoms with E-state index in [0.717, 1.165) is 44.2 Å². The first-order valence-corrected chi connectivity index (χ1v) is 13.5. The monoisotopic (exact) mass is 512 g/mol. The molecule has 0 aliphatic carbocycles.